The first-order valence-corrected chi connectivity index (χ1v) is 14.3. The lowest BCUT2D eigenvalue weighted by Crippen LogP contribution is -2.26. The van der Waals surface area contributed by atoms with E-state index in [0.29, 0.717) is 33.4 Å². The van der Waals surface area contributed by atoms with Crippen molar-refractivity contribution in [2.75, 3.05) is 19.6 Å². The first kappa shape index (κ1) is 28.9. The zero-order valence-corrected chi connectivity index (χ0v) is 22.9. The van der Waals surface area contributed by atoms with Gasteiger partial charge in [-0.15, -0.1) is 0 Å². The number of carbonyl (C=O) groups excluding carboxylic acids is 1. The Morgan fingerprint density at radius 2 is 1.62 bits per heavy atom. The Morgan fingerprint density at radius 3 is 2.27 bits per heavy atom. The maximum atomic E-state index is 12.9. The monoisotopic (exact) mass is 550 g/mol. The van der Waals surface area contributed by atoms with Gasteiger partial charge in [0.15, 0.2) is 12.5 Å². The lowest BCUT2D eigenvalue weighted by molar-refractivity contribution is -0.149. The van der Waals surface area contributed by atoms with Crippen molar-refractivity contribution in [3.8, 4) is 17.4 Å². The van der Waals surface area contributed by atoms with E-state index in [1.54, 1.807) is 49.4 Å². The van der Waals surface area contributed by atoms with E-state index in [1.165, 1.54) is 6.20 Å². The van der Waals surface area contributed by atoms with Crippen LogP contribution in [0.15, 0.2) is 48.7 Å². The van der Waals surface area contributed by atoms with E-state index in [4.69, 9.17) is 34.9 Å². The fourth-order valence-electron chi connectivity index (χ4n) is 3.04. The van der Waals surface area contributed by atoms with Crippen LogP contribution in [0.5, 0.6) is 17.4 Å². The average molecular weight is 551 g/mol. The third-order valence-electron chi connectivity index (χ3n) is 5.11. The summed E-state index contributed by atoms with van der Waals surface area (Å²) in [5.41, 5.74) is 1.33. The van der Waals surface area contributed by atoms with E-state index < -0.39 is 26.0 Å². The number of benzene rings is 2. The van der Waals surface area contributed by atoms with Crippen molar-refractivity contribution in [3.05, 3.63) is 53.7 Å². The maximum absolute atomic E-state index is 12.9. The Hall–Kier alpha value is -2.71. The number of rotatable bonds is 15. The molecule has 0 bridgehead atoms. The van der Waals surface area contributed by atoms with E-state index in [2.05, 4.69) is 9.97 Å². The van der Waals surface area contributed by atoms with Gasteiger partial charge in [-0.1, -0.05) is 38.3 Å². The van der Waals surface area contributed by atoms with E-state index >= 15 is 0 Å². The Morgan fingerprint density at radius 1 is 0.973 bits per heavy atom. The second-order valence-electron chi connectivity index (χ2n) is 8.25. The van der Waals surface area contributed by atoms with Crippen LogP contribution >= 0.6 is 19.2 Å². The normalized spacial score (nSPS) is 12.3. The van der Waals surface area contributed by atoms with Gasteiger partial charge in [0.2, 0.25) is 5.88 Å². The minimum absolute atomic E-state index is 0.275. The predicted octanol–water partition coefficient (Wildman–Crippen LogP) is 7.17. The summed E-state index contributed by atoms with van der Waals surface area (Å²) in [6.45, 7) is 6.09. The molecule has 1 heterocycles. The number of nitrogens with zero attached hydrogens (tertiary/aromatic N) is 2. The fraction of sp³-hybridized carbons (Fsp3) is 0.423. The van der Waals surface area contributed by atoms with E-state index in [-0.39, 0.29) is 13.2 Å². The molecule has 0 aliphatic heterocycles. The molecule has 0 unspecified atom stereocenters. The molecule has 0 saturated heterocycles. The first-order chi connectivity index (χ1) is 17.8. The van der Waals surface area contributed by atoms with Crippen molar-refractivity contribution in [2.24, 2.45) is 0 Å². The van der Waals surface area contributed by atoms with Crippen LogP contribution in [0.2, 0.25) is 5.02 Å². The van der Waals surface area contributed by atoms with Crippen LogP contribution in [0.4, 0.5) is 0 Å². The second kappa shape index (κ2) is 14.3. The Labute approximate surface area is 221 Å². The Bertz CT molecular complexity index is 1200. The summed E-state index contributed by atoms with van der Waals surface area (Å²) in [6, 6.07) is 11.9. The third kappa shape index (κ3) is 9.27. The molecule has 37 heavy (non-hydrogen) atoms. The molecular weight excluding hydrogens is 519 g/mol. The van der Waals surface area contributed by atoms with E-state index in [1.807, 2.05) is 13.8 Å². The Balaban J connectivity index is 1.52. The summed E-state index contributed by atoms with van der Waals surface area (Å²) in [5, 5.41) is 0.582. The first-order valence-electron chi connectivity index (χ1n) is 12.2. The van der Waals surface area contributed by atoms with Gasteiger partial charge in [0.05, 0.1) is 30.4 Å². The number of carbonyl (C=O) groups is 1. The second-order valence-corrected chi connectivity index (χ2v) is 10.7. The quantitative estimate of drug-likeness (QED) is 0.110. The highest BCUT2D eigenvalue weighted by atomic mass is 35.5. The molecule has 0 radical (unpaired) electrons. The largest absolute Gasteiger partial charge is 0.479 e. The molecule has 11 heteroatoms. The van der Waals surface area contributed by atoms with Gasteiger partial charge in [0.25, 0.3) is 0 Å². The lowest BCUT2D eigenvalue weighted by Gasteiger charge is -2.20. The minimum atomic E-state index is -3.55. The molecule has 1 atom stereocenters. The molecule has 9 nitrogen and oxygen atoms in total. The highest BCUT2D eigenvalue weighted by Crippen LogP contribution is 2.48. The van der Waals surface area contributed by atoms with Crippen molar-refractivity contribution in [2.45, 2.75) is 52.6 Å². The summed E-state index contributed by atoms with van der Waals surface area (Å²) >= 11 is 5.98. The van der Waals surface area contributed by atoms with E-state index in [9.17, 15) is 9.36 Å². The minimum Gasteiger partial charge on any atom is -0.479 e. The zero-order chi connectivity index (χ0) is 26.7. The van der Waals surface area contributed by atoms with Gasteiger partial charge in [-0.05, 0) is 62.2 Å². The van der Waals surface area contributed by atoms with Crippen LogP contribution in [0.25, 0.3) is 11.0 Å². The molecular formula is C26H32ClN2O7P. The number of halogens is 1. The maximum Gasteiger partial charge on any atom is 0.367 e. The smallest absolute Gasteiger partial charge is 0.367 e. The molecule has 1 aromatic heterocycles. The van der Waals surface area contributed by atoms with Gasteiger partial charge >= 0.3 is 13.6 Å². The van der Waals surface area contributed by atoms with Crippen LogP contribution in [0.1, 0.15) is 46.5 Å². The van der Waals surface area contributed by atoms with Crippen LogP contribution < -0.4 is 9.47 Å². The lowest BCUT2D eigenvalue weighted by atomic mass is 10.3. The van der Waals surface area contributed by atoms with Gasteiger partial charge in [-0.2, -0.15) is 0 Å². The SMILES string of the molecule is CCCCOP(=O)(COC(=O)[C@@H](C)Oc1ccc(Oc2cnc3cc(Cl)ccc3n2)cc1)OCCCC. The van der Waals surface area contributed by atoms with Gasteiger partial charge in [-0.3, -0.25) is 4.57 Å². The van der Waals surface area contributed by atoms with Gasteiger partial charge < -0.3 is 23.3 Å². The van der Waals surface area contributed by atoms with Gasteiger partial charge in [0.1, 0.15) is 11.5 Å². The molecule has 3 rings (SSSR count). The summed E-state index contributed by atoms with van der Waals surface area (Å²) in [5.74, 6) is 0.592. The summed E-state index contributed by atoms with van der Waals surface area (Å²) in [7, 11) is -3.55. The summed E-state index contributed by atoms with van der Waals surface area (Å²) in [6.07, 6.45) is 3.34. The van der Waals surface area contributed by atoms with Crippen LogP contribution in [0, 0.1) is 0 Å². The number of hydrogen-bond acceptors (Lipinski definition) is 9. The molecule has 0 aliphatic carbocycles. The molecule has 0 N–H and O–H groups in total. The number of unbranched alkanes of at least 4 members (excludes halogenated alkanes) is 2. The topological polar surface area (TPSA) is 106 Å². The predicted molar refractivity (Wildman–Crippen MR) is 141 cm³/mol. The summed E-state index contributed by atoms with van der Waals surface area (Å²) < 4.78 is 40.5. The van der Waals surface area contributed by atoms with Crippen molar-refractivity contribution in [1.29, 1.82) is 0 Å². The highest BCUT2D eigenvalue weighted by Gasteiger charge is 2.28. The molecule has 0 aliphatic rings. The molecule has 0 amide bonds. The Kier molecular flexibility index (Phi) is 11.1. The van der Waals surface area contributed by atoms with E-state index in [0.717, 1.165) is 25.7 Å². The number of esters is 1. The van der Waals surface area contributed by atoms with Crippen molar-refractivity contribution in [1.82, 2.24) is 9.97 Å². The average Bonchev–Trinajstić information content (AvgIpc) is 2.89. The standard InChI is InChI=1S/C26H32ClN2O7P/c1-4-6-14-33-37(31,34-15-7-5-2)18-32-26(30)19(3)35-21-9-11-22(12-10-21)36-25-17-28-24-16-20(27)8-13-23(24)29-25/h8-13,16-17,19H,4-7,14-15,18H2,1-3H3/t19-/m1/s1. The van der Waals surface area contributed by atoms with Crippen LogP contribution in [-0.4, -0.2) is 41.6 Å². The number of ether oxygens (including phenoxy) is 3. The van der Waals surface area contributed by atoms with Gasteiger partial charge in [-0.25, -0.2) is 14.8 Å². The molecule has 200 valence electrons. The summed E-state index contributed by atoms with van der Waals surface area (Å²) in [4.78, 5) is 21.2. The molecule has 0 spiro atoms. The van der Waals surface area contributed by atoms with Crippen molar-refractivity contribution in [3.63, 3.8) is 0 Å². The highest BCUT2D eigenvalue weighted by molar-refractivity contribution is 7.53. The van der Waals surface area contributed by atoms with Crippen molar-refractivity contribution < 1.29 is 32.6 Å². The zero-order valence-electron chi connectivity index (χ0n) is 21.2. The number of fused-ring (bicyclic) bond motifs is 1. The van der Waals surface area contributed by atoms with Crippen molar-refractivity contribution >= 4 is 36.2 Å². The molecule has 3 aromatic rings. The third-order valence-corrected chi connectivity index (χ3v) is 6.94. The van der Waals surface area contributed by atoms with Gasteiger partial charge in [0, 0.05) is 5.02 Å². The number of aromatic nitrogens is 2. The molecule has 0 fully saturated rings. The fourth-order valence-corrected chi connectivity index (χ4v) is 4.53. The number of hydrogen-bond donors (Lipinski definition) is 0. The van der Waals surface area contributed by atoms with Crippen LogP contribution in [0.3, 0.4) is 0 Å². The molecule has 2 aromatic carbocycles. The van der Waals surface area contributed by atoms with Crippen LogP contribution in [-0.2, 0) is 23.1 Å². The molecule has 0 saturated carbocycles.